The van der Waals surface area contributed by atoms with Crippen molar-refractivity contribution in [3.63, 3.8) is 0 Å². The van der Waals surface area contributed by atoms with Crippen LogP contribution >= 0.6 is 0 Å². The number of aliphatic imine (C=N–C) groups is 2. The van der Waals surface area contributed by atoms with Crippen LogP contribution in [0.4, 0.5) is 13.2 Å². The Hall–Kier alpha value is -5.55. The van der Waals surface area contributed by atoms with Gasteiger partial charge in [-0.25, -0.2) is 4.99 Å². The van der Waals surface area contributed by atoms with E-state index >= 15 is 0 Å². The van der Waals surface area contributed by atoms with Crippen molar-refractivity contribution in [1.82, 2.24) is 15.5 Å². The zero-order valence-electron chi connectivity index (χ0n) is 27.2. The van der Waals surface area contributed by atoms with Crippen LogP contribution in [0.15, 0.2) is 58.5 Å². The second-order valence-corrected chi connectivity index (χ2v) is 10.6. The van der Waals surface area contributed by atoms with Crippen molar-refractivity contribution in [3.05, 3.63) is 65.2 Å². The summed E-state index contributed by atoms with van der Waals surface area (Å²) in [4.78, 5) is 57.5. The van der Waals surface area contributed by atoms with Crippen LogP contribution in [0.3, 0.4) is 0 Å². The van der Waals surface area contributed by atoms with Gasteiger partial charge in [0.25, 0.3) is 5.97 Å². The lowest BCUT2D eigenvalue weighted by molar-refractivity contribution is -0.138. The van der Waals surface area contributed by atoms with Gasteiger partial charge in [-0.15, -0.1) is 0 Å². The minimum Gasteiger partial charge on any atom is -0.508 e. The number of hydrogen-bond donors (Lipinski definition) is 8. The number of likely N-dealkylation sites (N-methyl/N-ethyl adjacent to an activating group) is 1. The molecule has 0 spiro atoms. The summed E-state index contributed by atoms with van der Waals surface area (Å²) in [6, 6.07) is 8.92. The fraction of sp³-hybridized carbons (Fsp3) is 0.419. The molecule has 270 valence electrons. The number of carbonyl (C=O) groups is 4. The van der Waals surface area contributed by atoms with E-state index in [1.165, 1.54) is 35.2 Å². The van der Waals surface area contributed by atoms with Gasteiger partial charge in [-0.1, -0.05) is 30.3 Å². The van der Waals surface area contributed by atoms with Gasteiger partial charge in [-0.3, -0.25) is 24.2 Å². The first-order valence-electron chi connectivity index (χ1n) is 15.1. The molecule has 0 saturated heterocycles. The summed E-state index contributed by atoms with van der Waals surface area (Å²) in [5.74, 6) is -3.19. The molecule has 0 radical (unpaired) electrons. The van der Waals surface area contributed by atoms with Gasteiger partial charge in [0.1, 0.15) is 17.8 Å². The summed E-state index contributed by atoms with van der Waals surface area (Å²) in [5, 5.41) is 22.1. The van der Waals surface area contributed by atoms with Gasteiger partial charge < -0.3 is 48.7 Å². The fourth-order valence-electron chi connectivity index (χ4n) is 4.40. The maximum absolute atomic E-state index is 13.4. The number of nitrogens with two attached hydrogens (primary N) is 4. The number of guanidine groups is 2. The van der Waals surface area contributed by atoms with Crippen LogP contribution in [0.25, 0.3) is 0 Å². The van der Waals surface area contributed by atoms with Crippen LogP contribution in [0.2, 0.25) is 0 Å². The number of phenols is 1. The first-order chi connectivity index (χ1) is 22.9. The first-order valence-corrected chi connectivity index (χ1v) is 15.1. The van der Waals surface area contributed by atoms with Crippen molar-refractivity contribution in [3.8, 4) is 5.75 Å². The van der Waals surface area contributed by atoms with E-state index in [1.54, 1.807) is 19.1 Å². The summed E-state index contributed by atoms with van der Waals surface area (Å²) in [7, 11) is 0. The van der Waals surface area contributed by atoms with Crippen LogP contribution in [-0.2, 0) is 38.2 Å². The van der Waals surface area contributed by atoms with E-state index < -0.39 is 54.1 Å². The largest absolute Gasteiger partial charge is 0.508 e. The molecule has 0 aliphatic heterocycles. The molecule has 0 aliphatic rings. The predicted octanol–water partition coefficient (Wildman–Crippen LogP) is 0.432. The third-order valence-electron chi connectivity index (χ3n) is 6.67. The number of nitrogens with zero attached hydrogens (tertiary/aromatic N) is 3. The van der Waals surface area contributed by atoms with E-state index in [4.69, 9.17) is 32.8 Å². The lowest BCUT2D eigenvalue weighted by Gasteiger charge is -2.24. The molecule has 2 aromatic carbocycles. The normalized spacial score (nSPS) is 11.9. The highest BCUT2D eigenvalue weighted by Crippen LogP contribution is 2.32. The number of hydrogen-bond acceptors (Lipinski definition) is 7. The average Bonchev–Trinajstić information content (AvgIpc) is 3.01. The molecular weight excluding hydrogens is 651 g/mol. The molecular formula is C31H44F3N9O6. The molecule has 2 aromatic rings. The Balaban J connectivity index is 0.00000283. The van der Waals surface area contributed by atoms with Gasteiger partial charge in [0, 0.05) is 33.0 Å². The fourth-order valence-corrected chi connectivity index (χ4v) is 4.40. The highest BCUT2D eigenvalue weighted by atomic mass is 19.4. The van der Waals surface area contributed by atoms with E-state index in [0.29, 0.717) is 5.56 Å². The van der Waals surface area contributed by atoms with E-state index in [1.807, 2.05) is 0 Å². The van der Waals surface area contributed by atoms with Crippen LogP contribution in [0.1, 0.15) is 43.4 Å². The third-order valence-corrected chi connectivity index (χ3v) is 6.67. The molecule has 2 rings (SSSR count). The van der Waals surface area contributed by atoms with Gasteiger partial charge >= 0.3 is 6.18 Å². The minimum absolute atomic E-state index is 0.00552. The smallest absolute Gasteiger partial charge is 0.416 e. The SMILES string of the molecule is CC(=O)O.CCN(CCc1ccccc1C(F)(F)F)C(=O)CNC(=O)[C@@H](CCCN=C(N)N)NC(=O)[C@H](Cc1ccc(O)cc1)N=C(N)N. The maximum Gasteiger partial charge on any atom is 0.416 e. The Morgan fingerprint density at radius 2 is 1.57 bits per heavy atom. The van der Waals surface area contributed by atoms with Crippen LogP contribution in [0, 0.1) is 0 Å². The zero-order chi connectivity index (χ0) is 37.1. The Kier molecular flexibility index (Phi) is 17.5. The van der Waals surface area contributed by atoms with Crippen molar-refractivity contribution < 1.29 is 42.6 Å². The Morgan fingerprint density at radius 3 is 2.12 bits per heavy atom. The molecule has 0 aromatic heterocycles. The summed E-state index contributed by atoms with van der Waals surface area (Å²) < 4.78 is 40.1. The van der Waals surface area contributed by atoms with Crippen LogP contribution in [0.5, 0.6) is 5.75 Å². The quantitative estimate of drug-likeness (QED) is 0.0682. The molecule has 49 heavy (non-hydrogen) atoms. The number of carboxylic acid groups (broad SMARTS) is 1. The zero-order valence-corrected chi connectivity index (χ0v) is 27.2. The summed E-state index contributed by atoms with van der Waals surface area (Å²) in [5.41, 5.74) is 21.7. The highest BCUT2D eigenvalue weighted by Gasteiger charge is 2.33. The second-order valence-electron chi connectivity index (χ2n) is 10.6. The van der Waals surface area contributed by atoms with Crippen LogP contribution in [-0.4, -0.2) is 89.0 Å². The molecule has 2 atom stereocenters. The predicted molar refractivity (Wildman–Crippen MR) is 177 cm³/mol. The number of carbonyl (C=O) groups excluding carboxylic acids is 3. The van der Waals surface area contributed by atoms with Crippen LogP contribution < -0.4 is 33.6 Å². The number of aliphatic carboxylic acids is 1. The van der Waals surface area contributed by atoms with Gasteiger partial charge in [0.2, 0.25) is 17.7 Å². The average molecular weight is 696 g/mol. The lowest BCUT2D eigenvalue weighted by atomic mass is 10.0. The van der Waals surface area contributed by atoms with E-state index in [0.717, 1.165) is 13.0 Å². The first kappa shape index (κ1) is 41.5. The number of nitrogens with one attached hydrogen (secondary N) is 2. The van der Waals surface area contributed by atoms with Gasteiger partial charge in [-0.05, 0) is 55.5 Å². The number of halogens is 3. The number of aromatic hydroxyl groups is 1. The van der Waals surface area contributed by atoms with E-state index in [2.05, 4.69) is 20.6 Å². The molecule has 0 unspecified atom stereocenters. The molecule has 12 N–H and O–H groups in total. The van der Waals surface area contributed by atoms with Gasteiger partial charge in [-0.2, -0.15) is 13.2 Å². The summed E-state index contributed by atoms with van der Waals surface area (Å²) in [6.07, 6.45) is -4.15. The lowest BCUT2D eigenvalue weighted by Crippen LogP contribution is -2.52. The number of carboxylic acids is 1. The highest BCUT2D eigenvalue weighted by molar-refractivity contribution is 5.93. The Bertz CT molecular complexity index is 1440. The number of alkyl halides is 3. The molecule has 15 nitrogen and oxygen atoms in total. The standard InChI is InChI=1S/C29H40F3N9O4.C2H4O2/c1-2-41(15-13-19-6-3-4-7-21(19)29(30,31)32)24(43)17-38-25(44)22(8-5-14-37-27(33)34)39-26(45)23(40-28(35)36)16-18-9-11-20(42)12-10-18;1-2(3)4/h3-4,6-7,9-12,22-23,42H,2,5,8,13-17H2,1H3,(H,38,44)(H,39,45)(H4,33,34,37)(H4,35,36,40);1H3,(H,3,4)/t22-,23+;/m1./s1. The monoisotopic (exact) mass is 695 g/mol. The van der Waals surface area contributed by atoms with Gasteiger partial charge in [0.15, 0.2) is 11.9 Å². The molecule has 0 heterocycles. The molecule has 0 fully saturated rings. The van der Waals surface area contributed by atoms with Gasteiger partial charge in [0.05, 0.1) is 12.1 Å². The minimum atomic E-state index is -4.53. The van der Waals surface area contributed by atoms with E-state index in [9.17, 15) is 32.7 Å². The molecule has 0 saturated carbocycles. The van der Waals surface area contributed by atoms with Crippen molar-refractivity contribution in [2.24, 2.45) is 32.9 Å². The maximum atomic E-state index is 13.4. The molecule has 18 heteroatoms. The van der Waals surface area contributed by atoms with Crippen molar-refractivity contribution >= 4 is 35.6 Å². The number of benzene rings is 2. The number of amides is 3. The van der Waals surface area contributed by atoms with Crippen molar-refractivity contribution in [2.75, 3.05) is 26.2 Å². The molecule has 3 amide bonds. The molecule has 0 bridgehead atoms. The number of rotatable bonds is 16. The second kappa shape index (κ2) is 20.6. The molecule has 0 aliphatic carbocycles. The summed E-state index contributed by atoms with van der Waals surface area (Å²) >= 11 is 0. The third kappa shape index (κ3) is 16.7. The number of phenolic OH excluding ortho intramolecular Hbond substituents is 1. The van der Waals surface area contributed by atoms with Crippen molar-refractivity contribution in [1.29, 1.82) is 0 Å². The Morgan fingerprint density at radius 1 is 0.959 bits per heavy atom. The van der Waals surface area contributed by atoms with E-state index in [-0.39, 0.29) is 68.5 Å². The topological polar surface area (TPSA) is 265 Å². The van der Waals surface area contributed by atoms with Crippen molar-refractivity contribution in [2.45, 2.75) is 57.8 Å². The Labute approximate surface area is 281 Å². The summed E-state index contributed by atoms with van der Waals surface area (Å²) in [6.45, 7) is 2.64.